The number of ether oxygens (including phenoxy) is 2. The fourth-order valence-electron chi connectivity index (χ4n) is 6.68. The second-order valence-electron chi connectivity index (χ2n) is 17.5. The Hall–Kier alpha value is -1.51. The number of carbonyl (C=O) groups excluding carboxylic acids is 2. The summed E-state index contributed by atoms with van der Waals surface area (Å²) in [7, 11) is 1.46. The van der Waals surface area contributed by atoms with Crippen molar-refractivity contribution in [2.75, 3.05) is 47.5 Å². The van der Waals surface area contributed by atoms with E-state index in [0.717, 1.165) is 44.9 Å². The zero-order chi connectivity index (χ0) is 42.8. The number of phosphoric ester groups is 1. The quantitative estimate of drug-likeness (QED) is 0.0212. The van der Waals surface area contributed by atoms with E-state index in [9.17, 15) is 19.0 Å². The second-order valence-corrected chi connectivity index (χ2v) is 18.9. The number of esters is 2. The van der Waals surface area contributed by atoms with Gasteiger partial charge < -0.3 is 18.9 Å². The maximum Gasteiger partial charge on any atom is 0.472 e. The van der Waals surface area contributed by atoms with Gasteiger partial charge in [0, 0.05) is 12.8 Å². The van der Waals surface area contributed by atoms with Gasteiger partial charge in [-0.1, -0.05) is 186 Å². The van der Waals surface area contributed by atoms with Gasteiger partial charge in [0.15, 0.2) is 6.10 Å². The predicted molar refractivity (Wildman–Crippen MR) is 243 cm³/mol. The highest BCUT2D eigenvalue weighted by atomic mass is 31.2. The van der Waals surface area contributed by atoms with Crippen LogP contribution in [-0.2, 0) is 32.7 Å². The van der Waals surface area contributed by atoms with Crippen LogP contribution in [0.1, 0.15) is 219 Å². The number of rotatable bonds is 44. The average molecular weight is 843 g/mol. The molecule has 1 unspecified atom stereocenters. The molecule has 0 aromatic carbocycles. The van der Waals surface area contributed by atoms with Gasteiger partial charge in [0.1, 0.15) is 19.8 Å². The summed E-state index contributed by atoms with van der Waals surface area (Å²) >= 11 is 0. The molecule has 0 bridgehead atoms. The van der Waals surface area contributed by atoms with E-state index in [1.54, 1.807) is 0 Å². The number of carbonyl (C=O) groups is 2. The minimum absolute atomic E-state index is 0.0268. The van der Waals surface area contributed by atoms with Crippen LogP contribution in [0, 0.1) is 0 Å². The lowest BCUT2D eigenvalue weighted by molar-refractivity contribution is -0.870. The lowest BCUT2D eigenvalue weighted by atomic mass is 10.0. The minimum atomic E-state index is -4.38. The Morgan fingerprint density at radius 1 is 0.517 bits per heavy atom. The van der Waals surface area contributed by atoms with Crippen molar-refractivity contribution in [1.29, 1.82) is 0 Å². The van der Waals surface area contributed by atoms with E-state index in [1.807, 2.05) is 21.1 Å². The fourth-order valence-corrected chi connectivity index (χ4v) is 7.42. The Balaban J connectivity index is 4.27. The van der Waals surface area contributed by atoms with Gasteiger partial charge in [0.05, 0.1) is 27.7 Å². The van der Waals surface area contributed by atoms with Crippen molar-refractivity contribution in [3.8, 4) is 0 Å². The standard InChI is InChI=1S/C48H92NO8P/c1-6-8-10-12-14-16-18-19-20-21-22-23-24-25-26-27-28-29-31-33-35-37-39-41-48(51)57-46(45-56-58(52,53)55-43-42-49(3,4)5)44-54-47(50)40-38-36-34-32-30-17-15-13-11-9-7-2/h27-28,33,35,46H,6-26,29-32,34,36-45H2,1-5H3/p+1/b28-27+,35-33+/t46-/m1/s1. The summed E-state index contributed by atoms with van der Waals surface area (Å²) in [5.41, 5.74) is 0. The van der Waals surface area contributed by atoms with E-state index in [-0.39, 0.29) is 32.0 Å². The molecule has 0 spiro atoms. The lowest BCUT2D eigenvalue weighted by Crippen LogP contribution is -2.37. The Labute approximate surface area is 358 Å². The highest BCUT2D eigenvalue weighted by Crippen LogP contribution is 2.43. The zero-order valence-electron chi connectivity index (χ0n) is 38.5. The summed E-state index contributed by atoms with van der Waals surface area (Å²) in [4.78, 5) is 35.3. The van der Waals surface area contributed by atoms with Gasteiger partial charge in [0.2, 0.25) is 0 Å². The summed E-state index contributed by atoms with van der Waals surface area (Å²) in [6, 6.07) is 0. The number of hydrogen-bond acceptors (Lipinski definition) is 7. The predicted octanol–water partition coefficient (Wildman–Crippen LogP) is 13.9. The van der Waals surface area contributed by atoms with E-state index in [0.29, 0.717) is 17.4 Å². The van der Waals surface area contributed by atoms with Crippen molar-refractivity contribution in [1.82, 2.24) is 0 Å². The molecule has 0 aliphatic heterocycles. The van der Waals surface area contributed by atoms with Crippen LogP contribution in [-0.4, -0.2) is 74.9 Å². The highest BCUT2D eigenvalue weighted by molar-refractivity contribution is 7.47. The van der Waals surface area contributed by atoms with Gasteiger partial charge in [-0.15, -0.1) is 0 Å². The van der Waals surface area contributed by atoms with Crippen LogP contribution >= 0.6 is 7.82 Å². The van der Waals surface area contributed by atoms with Crippen molar-refractivity contribution in [2.24, 2.45) is 0 Å². The summed E-state index contributed by atoms with van der Waals surface area (Å²) < 4.78 is 34.3. The minimum Gasteiger partial charge on any atom is -0.462 e. The molecule has 0 amide bonds. The Bertz CT molecular complexity index is 1040. The third-order valence-corrected chi connectivity index (χ3v) is 11.4. The molecule has 0 aliphatic rings. The van der Waals surface area contributed by atoms with Crippen molar-refractivity contribution >= 4 is 19.8 Å². The van der Waals surface area contributed by atoms with Crippen LogP contribution < -0.4 is 0 Å². The van der Waals surface area contributed by atoms with Crippen LogP contribution in [0.2, 0.25) is 0 Å². The van der Waals surface area contributed by atoms with Gasteiger partial charge in [-0.2, -0.15) is 0 Å². The molecule has 0 aromatic heterocycles. The van der Waals surface area contributed by atoms with Gasteiger partial charge in [0.25, 0.3) is 0 Å². The first kappa shape index (κ1) is 56.5. The first-order valence-electron chi connectivity index (χ1n) is 24.1. The largest absolute Gasteiger partial charge is 0.472 e. The van der Waals surface area contributed by atoms with Crippen LogP contribution in [0.15, 0.2) is 24.3 Å². The van der Waals surface area contributed by atoms with Gasteiger partial charge in [-0.3, -0.25) is 18.6 Å². The molecule has 1 N–H and O–H groups in total. The summed E-state index contributed by atoms with van der Waals surface area (Å²) in [5.74, 6) is -0.841. The van der Waals surface area contributed by atoms with Crippen molar-refractivity contribution in [2.45, 2.75) is 225 Å². The molecule has 9 nitrogen and oxygen atoms in total. The van der Waals surface area contributed by atoms with Crippen molar-refractivity contribution in [3.63, 3.8) is 0 Å². The molecule has 0 saturated carbocycles. The molecule has 0 rings (SSSR count). The summed E-state index contributed by atoms with van der Waals surface area (Å²) in [5, 5.41) is 0. The molecule has 0 aliphatic carbocycles. The molecule has 0 saturated heterocycles. The van der Waals surface area contributed by atoms with Crippen molar-refractivity contribution in [3.05, 3.63) is 24.3 Å². The fraction of sp³-hybridized carbons (Fsp3) is 0.875. The number of hydrogen-bond donors (Lipinski definition) is 1. The van der Waals surface area contributed by atoms with Crippen LogP contribution in [0.25, 0.3) is 0 Å². The third-order valence-electron chi connectivity index (χ3n) is 10.5. The van der Waals surface area contributed by atoms with Crippen LogP contribution in [0.4, 0.5) is 0 Å². The number of nitrogens with zero attached hydrogens (tertiary/aromatic N) is 1. The first-order chi connectivity index (χ1) is 28.0. The number of likely N-dealkylation sites (N-methyl/N-ethyl adjacent to an activating group) is 1. The van der Waals surface area contributed by atoms with E-state index >= 15 is 0 Å². The molecule has 342 valence electrons. The summed E-state index contributed by atoms with van der Waals surface area (Å²) in [6.45, 7) is 4.39. The number of unbranched alkanes of at least 4 members (excludes halogenated alkanes) is 26. The van der Waals surface area contributed by atoms with E-state index < -0.39 is 26.5 Å². The third kappa shape index (κ3) is 44.1. The molecule has 0 aromatic rings. The summed E-state index contributed by atoms with van der Waals surface area (Å²) in [6.07, 6.45) is 45.3. The van der Waals surface area contributed by atoms with Gasteiger partial charge in [-0.05, 0) is 44.9 Å². The monoisotopic (exact) mass is 843 g/mol. The van der Waals surface area contributed by atoms with Gasteiger partial charge in [-0.25, -0.2) is 4.57 Å². The molecule has 58 heavy (non-hydrogen) atoms. The smallest absolute Gasteiger partial charge is 0.462 e. The normalized spacial score (nSPS) is 13.7. The lowest BCUT2D eigenvalue weighted by Gasteiger charge is -2.24. The highest BCUT2D eigenvalue weighted by Gasteiger charge is 2.27. The van der Waals surface area contributed by atoms with E-state index in [1.165, 1.54) is 141 Å². The molecule has 10 heteroatoms. The SMILES string of the molecule is CCCCCCCCCCCCCCCC/C=C/CC/C=C/CCCC(=O)O[C@H](COC(=O)CCCCCCCCCCCCC)COP(=O)(O)OCC[N+](C)(C)C. The second kappa shape index (κ2) is 40.9. The Kier molecular flexibility index (Phi) is 39.8. The van der Waals surface area contributed by atoms with E-state index in [2.05, 4.69) is 38.2 Å². The molecular formula is C48H93NO8P+. The molecule has 0 heterocycles. The average Bonchev–Trinajstić information content (AvgIpc) is 3.17. The molecule has 0 fully saturated rings. The number of quaternary nitrogens is 1. The maximum atomic E-state index is 12.7. The number of allylic oxidation sites excluding steroid dienone is 4. The number of phosphoric acid groups is 1. The van der Waals surface area contributed by atoms with Crippen LogP contribution in [0.3, 0.4) is 0 Å². The first-order valence-corrected chi connectivity index (χ1v) is 25.6. The maximum absolute atomic E-state index is 12.7. The molecule has 0 radical (unpaired) electrons. The van der Waals surface area contributed by atoms with Crippen molar-refractivity contribution < 1.29 is 42.1 Å². The van der Waals surface area contributed by atoms with E-state index in [4.69, 9.17) is 18.5 Å². The molecule has 2 atom stereocenters. The Morgan fingerprint density at radius 3 is 1.38 bits per heavy atom. The molecular weight excluding hydrogens is 750 g/mol. The van der Waals surface area contributed by atoms with Gasteiger partial charge >= 0.3 is 19.8 Å². The Morgan fingerprint density at radius 2 is 0.914 bits per heavy atom. The topological polar surface area (TPSA) is 108 Å². The zero-order valence-corrected chi connectivity index (χ0v) is 39.4. The van der Waals surface area contributed by atoms with Crippen LogP contribution in [0.5, 0.6) is 0 Å².